The van der Waals surface area contributed by atoms with Gasteiger partial charge in [-0.25, -0.2) is 0 Å². The third kappa shape index (κ3) is 2.70. The lowest BCUT2D eigenvalue weighted by atomic mass is 9.98. The molecule has 1 rings (SSSR count). The first kappa shape index (κ1) is 14.2. The lowest BCUT2D eigenvalue weighted by Gasteiger charge is -2.19. The van der Waals surface area contributed by atoms with Gasteiger partial charge in [0.05, 0.1) is 7.11 Å². The maximum atomic E-state index is 11.3. The maximum Gasteiger partial charge on any atom is 0.286 e. The van der Waals surface area contributed by atoms with E-state index in [1.165, 1.54) is 4.90 Å². The van der Waals surface area contributed by atoms with E-state index in [1.807, 2.05) is 26.8 Å². The van der Waals surface area contributed by atoms with E-state index in [4.69, 9.17) is 4.74 Å². The van der Waals surface area contributed by atoms with Crippen LogP contribution in [0.1, 0.15) is 22.3 Å². The minimum atomic E-state index is -0.513. The van der Waals surface area contributed by atoms with E-state index in [-0.39, 0.29) is 0 Å². The van der Waals surface area contributed by atoms with Gasteiger partial charge in [0.25, 0.3) is 5.91 Å². The Morgan fingerprint density at radius 1 is 1.33 bits per heavy atom. The van der Waals surface area contributed by atoms with Crippen LogP contribution in [-0.2, 0) is 16.1 Å². The summed E-state index contributed by atoms with van der Waals surface area (Å²) < 4.78 is 5.35. The van der Waals surface area contributed by atoms with E-state index in [9.17, 15) is 9.59 Å². The number of carbonyl (C=O) groups excluding carboxylic acids is 2. The van der Waals surface area contributed by atoms with Crippen LogP contribution in [0.2, 0.25) is 0 Å². The summed E-state index contributed by atoms with van der Waals surface area (Å²) in [5.41, 5.74) is 4.22. The van der Waals surface area contributed by atoms with Crippen molar-refractivity contribution in [3.05, 3.63) is 28.3 Å². The summed E-state index contributed by atoms with van der Waals surface area (Å²) in [5, 5.41) is 0. The molecular weight excluding hydrogens is 230 g/mol. The fourth-order valence-electron chi connectivity index (χ4n) is 2.04. The molecule has 0 aliphatic heterocycles. The highest BCUT2D eigenvalue weighted by molar-refractivity contribution is 6.23. The van der Waals surface area contributed by atoms with Crippen LogP contribution in [-0.4, -0.2) is 31.3 Å². The number of hydrogen-bond donors (Lipinski definition) is 0. The van der Waals surface area contributed by atoms with E-state index in [2.05, 4.69) is 0 Å². The van der Waals surface area contributed by atoms with Crippen molar-refractivity contribution in [3.63, 3.8) is 0 Å². The van der Waals surface area contributed by atoms with Crippen LogP contribution >= 0.6 is 0 Å². The van der Waals surface area contributed by atoms with E-state index < -0.39 is 5.91 Å². The Morgan fingerprint density at radius 2 is 1.94 bits per heavy atom. The van der Waals surface area contributed by atoms with Crippen molar-refractivity contribution < 1.29 is 14.3 Å². The SMILES string of the molecule is COc1c(C)cc(CN(C)C(=O)C=O)c(C)c1C. The molecule has 0 aromatic heterocycles. The zero-order valence-electron chi connectivity index (χ0n) is 11.5. The average Bonchev–Trinajstić information content (AvgIpc) is 2.35. The van der Waals surface area contributed by atoms with Gasteiger partial charge in [0.15, 0.2) is 0 Å². The first-order valence-corrected chi connectivity index (χ1v) is 5.76. The quantitative estimate of drug-likeness (QED) is 0.603. The molecule has 1 aromatic rings. The maximum absolute atomic E-state index is 11.3. The highest BCUT2D eigenvalue weighted by Gasteiger charge is 2.14. The zero-order chi connectivity index (χ0) is 13.9. The van der Waals surface area contributed by atoms with Gasteiger partial charge >= 0.3 is 0 Å². The van der Waals surface area contributed by atoms with Gasteiger partial charge in [-0.2, -0.15) is 0 Å². The first-order chi connectivity index (χ1) is 8.42. The largest absolute Gasteiger partial charge is 0.496 e. The van der Waals surface area contributed by atoms with Crippen LogP contribution in [0.4, 0.5) is 0 Å². The number of benzene rings is 1. The molecule has 18 heavy (non-hydrogen) atoms. The molecule has 0 fully saturated rings. The van der Waals surface area contributed by atoms with Crippen molar-refractivity contribution >= 4 is 12.2 Å². The van der Waals surface area contributed by atoms with Gasteiger partial charge in [-0.15, -0.1) is 0 Å². The summed E-state index contributed by atoms with van der Waals surface area (Å²) in [6, 6.07) is 2.00. The number of likely N-dealkylation sites (N-methyl/N-ethyl adjacent to an activating group) is 1. The Hall–Kier alpha value is -1.84. The molecular formula is C14H19NO3. The molecule has 0 saturated heterocycles. The van der Waals surface area contributed by atoms with Gasteiger partial charge in [-0.1, -0.05) is 6.07 Å². The summed E-state index contributed by atoms with van der Waals surface area (Å²) in [4.78, 5) is 23.1. The van der Waals surface area contributed by atoms with Crippen molar-refractivity contribution in [1.82, 2.24) is 4.90 Å². The number of amides is 1. The zero-order valence-corrected chi connectivity index (χ0v) is 11.5. The highest BCUT2D eigenvalue weighted by Crippen LogP contribution is 2.28. The first-order valence-electron chi connectivity index (χ1n) is 5.76. The van der Waals surface area contributed by atoms with Crippen molar-refractivity contribution in [2.45, 2.75) is 27.3 Å². The monoisotopic (exact) mass is 249 g/mol. The lowest BCUT2D eigenvalue weighted by Crippen LogP contribution is -2.27. The van der Waals surface area contributed by atoms with Crippen molar-refractivity contribution in [2.75, 3.05) is 14.2 Å². The molecule has 0 heterocycles. The van der Waals surface area contributed by atoms with Gasteiger partial charge in [-0.3, -0.25) is 9.59 Å². The topological polar surface area (TPSA) is 46.6 Å². The number of rotatable bonds is 4. The van der Waals surface area contributed by atoms with E-state index in [0.717, 1.165) is 28.0 Å². The van der Waals surface area contributed by atoms with Gasteiger partial charge in [0.2, 0.25) is 6.29 Å². The predicted octanol–water partition coefficient (Wildman–Crippen LogP) is 1.78. The summed E-state index contributed by atoms with van der Waals surface area (Å²) in [5.74, 6) is 0.362. The van der Waals surface area contributed by atoms with Crippen LogP contribution in [0.15, 0.2) is 6.07 Å². The van der Waals surface area contributed by atoms with Crippen LogP contribution in [0, 0.1) is 20.8 Å². The predicted molar refractivity (Wildman–Crippen MR) is 69.7 cm³/mol. The molecule has 0 saturated carbocycles. The van der Waals surface area contributed by atoms with E-state index in [0.29, 0.717) is 12.8 Å². The van der Waals surface area contributed by atoms with Crippen LogP contribution in [0.3, 0.4) is 0 Å². The van der Waals surface area contributed by atoms with Crippen LogP contribution < -0.4 is 4.74 Å². The molecule has 0 bridgehead atoms. The Kier molecular flexibility index (Phi) is 4.48. The molecule has 0 unspecified atom stereocenters. The summed E-state index contributed by atoms with van der Waals surface area (Å²) in [7, 11) is 3.27. The molecule has 4 nitrogen and oxygen atoms in total. The van der Waals surface area contributed by atoms with Crippen LogP contribution in [0.25, 0.3) is 0 Å². The van der Waals surface area contributed by atoms with E-state index in [1.54, 1.807) is 14.2 Å². The Labute approximate surface area is 108 Å². The van der Waals surface area contributed by atoms with Crippen molar-refractivity contribution in [3.8, 4) is 5.75 Å². The number of ether oxygens (including phenoxy) is 1. The number of hydrogen-bond acceptors (Lipinski definition) is 3. The van der Waals surface area contributed by atoms with E-state index >= 15 is 0 Å². The second-order valence-corrected chi connectivity index (χ2v) is 4.45. The molecule has 0 N–H and O–H groups in total. The average molecular weight is 249 g/mol. The standard InChI is InChI=1S/C14H19NO3/c1-9-6-12(7-15(4)13(17)8-16)10(2)11(3)14(9)18-5/h6,8H,7H2,1-5H3. The minimum Gasteiger partial charge on any atom is -0.496 e. The number of methoxy groups -OCH3 is 1. The Balaban J connectivity index is 3.12. The molecule has 1 amide bonds. The normalized spacial score (nSPS) is 10.1. The molecule has 0 spiro atoms. The molecule has 0 aliphatic carbocycles. The number of aryl methyl sites for hydroxylation is 1. The number of aldehydes is 1. The second-order valence-electron chi connectivity index (χ2n) is 4.45. The summed E-state index contributed by atoms with van der Waals surface area (Å²) in [6.45, 7) is 6.38. The van der Waals surface area contributed by atoms with Gasteiger partial charge in [0, 0.05) is 13.6 Å². The third-order valence-electron chi connectivity index (χ3n) is 3.22. The van der Waals surface area contributed by atoms with Crippen LogP contribution in [0.5, 0.6) is 5.75 Å². The molecule has 0 atom stereocenters. The fraction of sp³-hybridized carbons (Fsp3) is 0.429. The van der Waals surface area contributed by atoms with Gasteiger partial charge in [0.1, 0.15) is 5.75 Å². The Bertz CT molecular complexity index is 480. The summed E-state index contributed by atoms with van der Waals surface area (Å²) >= 11 is 0. The molecule has 1 aromatic carbocycles. The van der Waals surface area contributed by atoms with Gasteiger partial charge in [-0.05, 0) is 43.0 Å². The minimum absolute atomic E-state index is 0.332. The van der Waals surface area contributed by atoms with Crippen molar-refractivity contribution in [2.24, 2.45) is 0 Å². The molecule has 4 heteroatoms. The lowest BCUT2D eigenvalue weighted by molar-refractivity contribution is -0.138. The third-order valence-corrected chi connectivity index (χ3v) is 3.22. The molecule has 0 radical (unpaired) electrons. The number of carbonyl (C=O) groups is 2. The molecule has 98 valence electrons. The number of nitrogens with zero attached hydrogens (tertiary/aromatic N) is 1. The fourth-order valence-corrected chi connectivity index (χ4v) is 2.04. The second kappa shape index (κ2) is 5.67. The van der Waals surface area contributed by atoms with Gasteiger partial charge < -0.3 is 9.64 Å². The smallest absolute Gasteiger partial charge is 0.286 e. The molecule has 0 aliphatic rings. The van der Waals surface area contributed by atoms with Crippen molar-refractivity contribution in [1.29, 1.82) is 0 Å². The highest BCUT2D eigenvalue weighted by atomic mass is 16.5. The summed E-state index contributed by atoms with van der Waals surface area (Å²) in [6.07, 6.45) is 0.332. The Morgan fingerprint density at radius 3 is 2.44 bits per heavy atom.